The number of fused-ring (bicyclic) bond motifs is 1. The van der Waals surface area contributed by atoms with Gasteiger partial charge in [-0.2, -0.15) is 4.31 Å². The van der Waals surface area contributed by atoms with Gasteiger partial charge in [0.05, 0.1) is 35.4 Å². The molecule has 0 spiro atoms. The molecule has 0 unspecified atom stereocenters. The lowest BCUT2D eigenvalue weighted by Crippen LogP contribution is -2.48. The molecule has 10 heteroatoms. The number of nitrogens with zero attached hydrogens (tertiary/aromatic N) is 3. The van der Waals surface area contributed by atoms with E-state index in [1.54, 1.807) is 30.5 Å². The zero-order chi connectivity index (χ0) is 28.9. The Balaban J connectivity index is 1.36. The first-order valence-electron chi connectivity index (χ1n) is 14.0. The van der Waals surface area contributed by atoms with Crippen LogP contribution in [0.25, 0.3) is 0 Å². The summed E-state index contributed by atoms with van der Waals surface area (Å²) in [5.41, 5.74) is 8.32. The number of hydrazine groups is 1. The Morgan fingerprint density at radius 2 is 1.68 bits per heavy atom. The molecule has 3 aliphatic heterocycles. The maximum absolute atomic E-state index is 14.1. The van der Waals surface area contributed by atoms with Crippen molar-refractivity contribution in [3.8, 4) is 0 Å². The largest absolute Gasteiger partial charge is 0.378 e. The summed E-state index contributed by atoms with van der Waals surface area (Å²) in [6, 6.07) is 13.3. The third-order valence-electron chi connectivity index (χ3n) is 8.26. The fraction of sp³-hybridized carbons (Fsp3) is 0.387. The summed E-state index contributed by atoms with van der Waals surface area (Å²) >= 11 is 0. The molecule has 1 fully saturated rings. The van der Waals surface area contributed by atoms with E-state index < -0.39 is 15.9 Å². The van der Waals surface area contributed by atoms with Crippen molar-refractivity contribution in [2.24, 2.45) is 5.92 Å². The van der Waals surface area contributed by atoms with Gasteiger partial charge in [0, 0.05) is 38.0 Å². The number of carbonyl (C=O) groups excluding carboxylic acids is 1. The van der Waals surface area contributed by atoms with Crippen LogP contribution < -0.4 is 10.4 Å². The zero-order valence-corrected chi connectivity index (χ0v) is 24.4. The molecule has 41 heavy (non-hydrogen) atoms. The topological polar surface area (TPSA) is 82.2 Å². The Hall–Kier alpha value is -3.47. The van der Waals surface area contributed by atoms with Crippen molar-refractivity contribution in [1.82, 2.24) is 14.6 Å². The average molecular weight is 579 g/mol. The van der Waals surface area contributed by atoms with Crippen molar-refractivity contribution in [3.05, 3.63) is 94.6 Å². The molecule has 4 aliphatic rings. The van der Waals surface area contributed by atoms with Crippen molar-refractivity contribution in [2.45, 2.75) is 37.5 Å². The fourth-order valence-electron chi connectivity index (χ4n) is 5.89. The van der Waals surface area contributed by atoms with E-state index in [1.807, 2.05) is 28.1 Å². The number of morpholine rings is 1. The van der Waals surface area contributed by atoms with E-state index in [4.69, 9.17) is 4.74 Å². The van der Waals surface area contributed by atoms with Crippen LogP contribution in [0.3, 0.4) is 0 Å². The predicted molar refractivity (Wildman–Crippen MR) is 155 cm³/mol. The summed E-state index contributed by atoms with van der Waals surface area (Å²) < 4.78 is 48.2. The molecule has 6 rings (SSSR count). The highest BCUT2D eigenvalue weighted by atomic mass is 32.2. The van der Waals surface area contributed by atoms with Gasteiger partial charge >= 0.3 is 0 Å². The summed E-state index contributed by atoms with van der Waals surface area (Å²) in [7, 11) is -3.78. The first-order chi connectivity index (χ1) is 19.5. The zero-order valence-electron chi connectivity index (χ0n) is 23.6. The van der Waals surface area contributed by atoms with E-state index in [-0.39, 0.29) is 28.6 Å². The van der Waals surface area contributed by atoms with E-state index in [2.05, 4.69) is 26.2 Å². The Morgan fingerprint density at radius 1 is 1.00 bits per heavy atom. The maximum atomic E-state index is 14.1. The molecule has 3 heterocycles. The molecule has 1 amide bonds. The lowest BCUT2D eigenvalue weighted by molar-refractivity contribution is -0.137. The summed E-state index contributed by atoms with van der Waals surface area (Å²) in [6.45, 7) is 8.64. The minimum absolute atomic E-state index is 0.0609. The molecule has 2 aromatic carbocycles. The summed E-state index contributed by atoms with van der Waals surface area (Å²) in [6.07, 6.45) is 4.33. The third-order valence-corrected chi connectivity index (χ3v) is 10.1. The second kappa shape index (κ2) is 10.4. The molecule has 0 bridgehead atoms. The Labute approximate surface area is 240 Å². The standard InChI is InChI=1S/C31H35FN4O4S/c1-31(2,3)22-4-10-25(11-5-22)41(38,39)35-13-12-21-18-28-26(19-33-36(28)24-8-6-23(32)7-9-24)29(27(21)20-35)30(37)34-14-16-40-17-15-34/h4-11,18-19,29,33H,12-17,20H2,1-3H3/t29-/m0/s1. The van der Waals surface area contributed by atoms with Gasteiger partial charge < -0.3 is 15.1 Å². The van der Waals surface area contributed by atoms with Gasteiger partial charge in [-0.1, -0.05) is 32.9 Å². The number of hydrogen-bond donors (Lipinski definition) is 1. The number of halogens is 1. The van der Waals surface area contributed by atoms with Crippen LogP contribution in [0.2, 0.25) is 0 Å². The van der Waals surface area contributed by atoms with Gasteiger partial charge in [-0.15, -0.1) is 0 Å². The molecular formula is C31H35FN4O4S. The molecule has 0 radical (unpaired) electrons. The second-order valence-electron chi connectivity index (χ2n) is 11.9. The highest BCUT2D eigenvalue weighted by Crippen LogP contribution is 2.44. The smallest absolute Gasteiger partial charge is 0.243 e. The van der Waals surface area contributed by atoms with Crippen molar-refractivity contribution in [3.63, 3.8) is 0 Å². The van der Waals surface area contributed by atoms with E-state index in [0.717, 1.165) is 33.7 Å². The van der Waals surface area contributed by atoms with Crippen LogP contribution >= 0.6 is 0 Å². The highest BCUT2D eigenvalue weighted by Gasteiger charge is 2.44. The quantitative estimate of drug-likeness (QED) is 0.589. The first kappa shape index (κ1) is 27.7. The Kier molecular flexibility index (Phi) is 7.04. The number of amides is 1. The lowest BCUT2D eigenvalue weighted by atomic mass is 9.78. The molecule has 1 saturated heterocycles. The fourth-order valence-corrected chi connectivity index (χ4v) is 7.31. The molecule has 8 nitrogen and oxygen atoms in total. The summed E-state index contributed by atoms with van der Waals surface area (Å²) in [5.74, 6) is -1.03. The third kappa shape index (κ3) is 5.09. The Bertz CT molecular complexity index is 1550. The van der Waals surface area contributed by atoms with Crippen molar-refractivity contribution in [2.75, 3.05) is 44.4 Å². The first-order valence-corrected chi connectivity index (χ1v) is 15.4. The van der Waals surface area contributed by atoms with E-state index in [9.17, 15) is 17.6 Å². The number of anilines is 1. The number of allylic oxidation sites excluding steroid dienone is 2. The number of sulfonamides is 1. The molecule has 0 aromatic heterocycles. The Morgan fingerprint density at radius 3 is 2.34 bits per heavy atom. The molecule has 1 aliphatic carbocycles. The SMILES string of the molecule is CC(C)(C)c1ccc(S(=O)(=O)N2CCC3=C(C2)[C@@H](C(=O)N2CCOCC2)C2=CNN(c4ccc(F)cc4)C2=C3)cc1. The van der Waals surface area contributed by atoms with Crippen LogP contribution in [0.15, 0.2) is 88.1 Å². The van der Waals surface area contributed by atoms with Crippen LogP contribution in [-0.4, -0.2) is 62.9 Å². The normalized spacial score (nSPS) is 21.6. The van der Waals surface area contributed by atoms with Gasteiger partial charge in [0.15, 0.2) is 0 Å². The van der Waals surface area contributed by atoms with Crippen LogP contribution in [0, 0.1) is 11.7 Å². The molecule has 0 saturated carbocycles. The summed E-state index contributed by atoms with van der Waals surface area (Å²) in [5, 5.41) is 1.85. The van der Waals surface area contributed by atoms with Crippen LogP contribution in [0.4, 0.5) is 10.1 Å². The van der Waals surface area contributed by atoms with Crippen LogP contribution in [0.1, 0.15) is 32.8 Å². The molecular weight excluding hydrogens is 543 g/mol. The minimum atomic E-state index is -3.78. The van der Waals surface area contributed by atoms with E-state index in [0.29, 0.717) is 39.3 Å². The highest BCUT2D eigenvalue weighted by molar-refractivity contribution is 7.89. The number of benzene rings is 2. The van der Waals surface area contributed by atoms with Crippen molar-refractivity contribution in [1.29, 1.82) is 0 Å². The van der Waals surface area contributed by atoms with Gasteiger partial charge in [0.1, 0.15) is 5.82 Å². The van der Waals surface area contributed by atoms with Gasteiger partial charge in [-0.05, 0) is 71.0 Å². The minimum Gasteiger partial charge on any atom is -0.378 e. The molecule has 216 valence electrons. The number of ether oxygens (including phenoxy) is 1. The van der Waals surface area contributed by atoms with E-state index in [1.165, 1.54) is 16.4 Å². The monoisotopic (exact) mass is 578 g/mol. The van der Waals surface area contributed by atoms with E-state index >= 15 is 0 Å². The van der Waals surface area contributed by atoms with Crippen LogP contribution in [0.5, 0.6) is 0 Å². The lowest BCUT2D eigenvalue weighted by Gasteiger charge is -2.39. The van der Waals surface area contributed by atoms with Gasteiger partial charge in [-0.25, -0.2) is 12.8 Å². The second-order valence-corrected chi connectivity index (χ2v) is 13.8. The predicted octanol–water partition coefficient (Wildman–Crippen LogP) is 4.10. The summed E-state index contributed by atoms with van der Waals surface area (Å²) in [4.78, 5) is 16.2. The average Bonchev–Trinajstić information content (AvgIpc) is 3.39. The van der Waals surface area contributed by atoms with Gasteiger partial charge in [-0.3, -0.25) is 9.80 Å². The maximum Gasteiger partial charge on any atom is 0.243 e. The number of carbonyl (C=O) groups is 1. The molecule has 1 N–H and O–H groups in total. The van der Waals surface area contributed by atoms with Crippen molar-refractivity contribution < 1.29 is 22.3 Å². The number of nitrogens with one attached hydrogen (secondary N) is 1. The number of rotatable bonds is 4. The molecule has 2 aromatic rings. The van der Waals surface area contributed by atoms with Crippen LogP contribution in [-0.2, 0) is 25.0 Å². The number of hydrogen-bond acceptors (Lipinski definition) is 6. The molecule has 1 atom stereocenters. The van der Waals surface area contributed by atoms with Gasteiger partial charge in [0.2, 0.25) is 15.9 Å². The van der Waals surface area contributed by atoms with Crippen molar-refractivity contribution >= 4 is 21.6 Å². The van der Waals surface area contributed by atoms with Gasteiger partial charge in [0.25, 0.3) is 0 Å².